The third-order valence-corrected chi connectivity index (χ3v) is 10.5. The molecule has 2 rings (SSSR count). The predicted molar refractivity (Wildman–Crippen MR) is 118 cm³/mol. The Balaban J connectivity index is 2.32. The highest BCUT2D eigenvalue weighted by molar-refractivity contribution is 6.74. The van der Waals surface area contributed by atoms with E-state index in [4.69, 9.17) is 9.69 Å². The summed E-state index contributed by atoms with van der Waals surface area (Å²) < 4.78 is 6.78. The number of Topliss-reactive ketones (excluding diaryl/α,β-unsaturated/α-hetero) is 1. The number of anilines is 1. The van der Waals surface area contributed by atoms with E-state index in [1.165, 1.54) is 0 Å². The number of amides is 1. The number of ketones is 1. The molecule has 1 amide bonds. The monoisotopic (exact) mass is 414 g/mol. The van der Waals surface area contributed by atoms with Crippen molar-refractivity contribution in [2.24, 2.45) is 11.3 Å². The molecule has 0 aromatic heterocycles. The second-order valence-electron chi connectivity index (χ2n) is 10.5. The maximum atomic E-state index is 12.5. The van der Waals surface area contributed by atoms with Gasteiger partial charge in [0.05, 0.1) is 12.2 Å². The summed E-state index contributed by atoms with van der Waals surface area (Å²) in [5, 5.41) is 9.25. The summed E-state index contributed by atoms with van der Waals surface area (Å²) >= 11 is 0. The Morgan fingerprint density at radius 3 is 2.10 bits per heavy atom. The van der Waals surface area contributed by atoms with Crippen LogP contribution in [0.5, 0.6) is 0 Å². The molecule has 158 valence electrons. The molecule has 0 spiro atoms. The first-order chi connectivity index (χ1) is 13.2. The van der Waals surface area contributed by atoms with E-state index in [1.807, 2.05) is 30.3 Å². The summed E-state index contributed by atoms with van der Waals surface area (Å²) in [5.74, 6) is -1.91. The van der Waals surface area contributed by atoms with Gasteiger partial charge in [-0.1, -0.05) is 53.7 Å². The van der Waals surface area contributed by atoms with Crippen LogP contribution < -0.4 is 4.90 Å². The van der Waals surface area contributed by atoms with Crippen LogP contribution in [-0.4, -0.2) is 26.6 Å². The number of benzene rings is 1. The molecule has 0 saturated carbocycles. The fraction of sp³-hybridized carbons (Fsp3) is 0.609. The molecule has 29 heavy (non-hydrogen) atoms. The van der Waals surface area contributed by atoms with Crippen LogP contribution in [0.2, 0.25) is 18.1 Å². The number of carbonyl (C=O) groups is 2. The summed E-state index contributed by atoms with van der Waals surface area (Å²) in [7, 11) is -1.98. The lowest BCUT2D eigenvalue weighted by Crippen LogP contribution is -2.45. The van der Waals surface area contributed by atoms with E-state index in [1.54, 1.807) is 4.90 Å². The first-order valence-corrected chi connectivity index (χ1v) is 13.1. The van der Waals surface area contributed by atoms with Gasteiger partial charge < -0.3 is 9.33 Å². The molecule has 1 aliphatic heterocycles. The van der Waals surface area contributed by atoms with Crippen molar-refractivity contribution in [1.29, 1.82) is 5.26 Å². The second-order valence-corrected chi connectivity index (χ2v) is 15.2. The molecular formula is C23H34N2O3Si. The largest absolute Gasteiger partial charge is 0.409 e. The van der Waals surface area contributed by atoms with Crippen molar-refractivity contribution in [2.75, 3.05) is 11.4 Å². The maximum absolute atomic E-state index is 12.5. The van der Waals surface area contributed by atoms with Crippen molar-refractivity contribution in [3.05, 3.63) is 29.8 Å². The maximum Gasteiger partial charge on any atom is 0.251 e. The number of hydrogen-bond donors (Lipinski definition) is 0. The van der Waals surface area contributed by atoms with Crippen LogP contribution in [-0.2, 0) is 14.0 Å². The van der Waals surface area contributed by atoms with Gasteiger partial charge in [0.2, 0.25) is 0 Å². The van der Waals surface area contributed by atoms with Gasteiger partial charge >= 0.3 is 0 Å². The Morgan fingerprint density at radius 1 is 1.10 bits per heavy atom. The molecular weight excluding hydrogens is 380 g/mol. The minimum atomic E-state index is -1.98. The van der Waals surface area contributed by atoms with E-state index in [-0.39, 0.29) is 28.8 Å². The number of hydrogen-bond acceptors (Lipinski definition) is 4. The van der Waals surface area contributed by atoms with Crippen molar-refractivity contribution in [1.82, 2.24) is 0 Å². The number of carbonyl (C=O) groups excluding carboxylic acids is 2. The van der Waals surface area contributed by atoms with Crippen LogP contribution in [0.1, 0.15) is 59.6 Å². The minimum Gasteiger partial charge on any atom is -0.409 e. The SMILES string of the molecule is CC(C)(C)C(O[Si](C)(C)C(C)(C)C)c1ccc(N2CCC(=O)C(C#N)C2=O)cc1. The second kappa shape index (κ2) is 8.04. The van der Waals surface area contributed by atoms with Gasteiger partial charge in [-0.2, -0.15) is 5.26 Å². The van der Waals surface area contributed by atoms with Crippen molar-refractivity contribution in [3.8, 4) is 6.07 Å². The molecule has 6 heteroatoms. The zero-order valence-electron chi connectivity index (χ0n) is 19.0. The average Bonchev–Trinajstić information content (AvgIpc) is 2.59. The fourth-order valence-corrected chi connectivity index (χ4v) is 4.63. The van der Waals surface area contributed by atoms with Crippen molar-refractivity contribution >= 4 is 25.7 Å². The quantitative estimate of drug-likeness (QED) is 0.499. The normalized spacial score (nSPS) is 19.8. The average molecular weight is 415 g/mol. The van der Waals surface area contributed by atoms with E-state index in [9.17, 15) is 9.59 Å². The highest BCUT2D eigenvalue weighted by Gasteiger charge is 2.42. The van der Waals surface area contributed by atoms with Crippen molar-refractivity contribution < 1.29 is 14.0 Å². The number of piperidine rings is 1. The summed E-state index contributed by atoms with van der Waals surface area (Å²) in [5.41, 5.74) is 1.70. The highest BCUT2D eigenvalue weighted by atomic mass is 28.4. The minimum absolute atomic E-state index is 0.0667. The zero-order chi connectivity index (χ0) is 22.2. The number of rotatable bonds is 4. The molecule has 5 nitrogen and oxygen atoms in total. The van der Waals surface area contributed by atoms with Gasteiger partial charge in [-0.05, 0) is 41.2 Å². The van der Waals surface area contributed by atoms with Gasteiger partial charge in [-0.3, -0.25) is 9.59 Å². The third kappa shape index (κ3) is 4.96. The summed E-state index contributed by atoms with van der Waals surface area (Å²) in [6.45, 7) is 18.1. The van der Waals surface area contributed by atoms with Crippen LogP contribution in [0.25, 0.3) is 0 Å². The molecule has 1 aromatic rings. The Labute approximate surface area is 176 Å². The van der Waals surface area contributed by atoms with Crippen LogP contribution in [0.4, 0.5) is 5.69 Å². The van der Waals surface area contributed by atoms with Crippen molar-refractivity contribution in [2.45, 2.75) is 72.2 Å². The Hall–Kier alpha value is -1.97. The van der Waals surface area contributed by atoms with Crippen LogP contribution in [0.15, 0.2) is 24.3 Å². The Kier molecular flexibility index (Phi) is 6.46. The molecule has 2 atom stereocenters. The van der Waals surface area contributed by atoms with Gasteiger partial charge in [-0.15, -0.1) is 0 Å². The standard InChI is InChI=1S/C23H34N2O3Si/c1-22(2,3)20(28-29(7,8)23(4,5)6)16-9-11-17(12-10-16)25-14-13-19(26)18(15-24)21(25)27/h9-12,18,20H,13-14H2,1-8H3. The molecule has 0 N–H and O–H groups in total. The van der Waals surface area contributed by atoms with Gasteiger partial charge in [0.15, 0.2) is 20.0 Å². The molecule has 2 unspecified atom stereocenters. The van der Waals surface area contributed by atoms with Gasteiger partial charge in [0, 0.05) is 18.7 Å². The molecule has 1 aromatic carbocycles. The van der Waals surface area contributed by atoms with E-state index < -0.39 is 20.1 Å². The lowest BCUT2D eigenvalue weighted by atomic mass is 9.85. The van der Waals surface area contributed by atoms with Gasteiger partial charge in [0.25, 0.3) is 5.91 Å². The van der Waals surface area contributed by atoms with Crippen molar-refractivity contribution in [3.63, 3.8) is 0 Å². The molecule has 0 bridgehead atoms. The van der Waals surface area contributed by atoms with E-state index in [0.717, 1.165) is 5.56 Å². The Bertz CT molecular complexity index is 811. The third-order valence-electron chi connectivity index (χ3n) is 6.06. The van der Waals surface area contributed by atoms with Gasteiger partial charge in [0.1, 0.15) is 0 Å². The molecule has 0 aliphatic carbocycles. The number of nitrogens with zero attached hydrogens (tertiary/aromatic N) is 2. The smallest absolute Gasteiger partial charge is 0.251 e. The van der Waals surface area contributed by atoms with E-state index in [2.05, 4.69) is 54.6 Å². The predicted octanol–water partition coefficient (Wildman–Crippen LogP) is 5.24. The summed E-state index contributed by atoms with van der Waals surface area (Å²) in [4.78, 5) is 25.8. The van der Waals surface area contributed by atoms with Gasteiger partial charge in [-0.25, -0.2) is 0 Å². The lowest BCUT2D eigenvalue weighted by Gasteiger charge is -2.43. The first-order valence-electron chi connectivity index (χ1n) is 10.2. The Morgan fingerprint density at radius 2 is 1.66 bits per heavy atom. The molecule has 1 saturated heterocycles. The molecule has 1 aliphatic rings. The number of nitriles is 1. The molecule has 0 radical (unpaired) electrons. The summed E-state index contributed by atoms with van der Waals surface area (Å²) in [6, 6.07) is 9.63. The first kappa shape index (κ1) is 23.3. The fourth-order valence-electron chi connectivity index (χ4n) is 3.20. The van der Waals surface area contributed by atoms with E-state index >= 15 is 0 Å². The highest BCUT2D eigenvalue weighted by Crippen LogP contribution is 2.45. The van der Waals surface area contributed by atoms with Crippen LogP contribution >= 0.6 is 0 Å². The summed E-state index contributed by atoms with van der Waals surface area (Å²) in [6.07, 6.45) is 0.146. The molecule has 1 heterocycles. The lowest BCUT2D eigenvalue weighted by molar-refractivity contribution is -0.132. The van der Waals surface area contributed by atoms with Crippen LogP contribution in [0, 0.1) is 22.7 Å². The van der Waals surface area contributed by atoms with E-state index in [0.29, 0.717) is 12.2 Å². The molecule has 1 fully saturated rings. The van der Waals surface area contributed by atoms with Crippen LogP contribution in [0.3, 0.4) is 0 Å². The zero-order valence-corrected chi connectivity index (χ0v) is 20.0. The topological polar surface area (TPSA) is 70.4 Å².